The fraction of sp³-hybridized carbons (Fsp3) is 0.821. The lowest BCUT2D eigenvalue weighted by Crippen LogP contribution is -2.61. The van der Waals surface area contributed by atoms with Crippen LogP contribution in [0.25, 0.3) is 0 Å². The second-order valence-corrected chi connectivity index (χ2v) is 28.4. The van der Waals surface area contributed by atoms with Gasteiger partial charge in [0.05, 0.1) is 18.6 Å². The Morgan fingerprint density at radius 1 is 0.467 bits per heavy atom. The van der Waals surface area contributed by atoms with Crippen molar-refractivity contribution in [3.63, 3.8) is 0 Å². The van der Waals surface area contributed by atoms with Gasteiger partial charge in [0.25, 0.3) is 0 Å². The average molecular weight is 1300 g/mol. The Morgan fingerprint density at radius 3 is 1.48 bits per heavy atom. The maximum atomic E-state index is 15.2. The molecule has 92 heavy (non-hydrogen) atoms. The second kappa shape index (κ2) is 37.6. The van der Waals surface area contributed by atoms with E-state index in [1.807, 2.05) is 13.8 Å². The average Bonchev–Trinajstić information content (AvgIpc) is 1.56. The quantitative estimate of drug-likeness (QED) is 0.0867. The Morgan fingerprint density at radius 2 is 0.924 bits per heavy atom. The molecule has 0 spiro atoms. The van der Waals surface area contributed by atoms with Crippen LogP contribution < -0.4 is 48.3 Å². The van der Waals surface area contributed by atoms with Crippen LogP contribution >= 0.6 is 0 Å². The summed E-state index contributed by atoms with van der Waals surface area (Å²) in [5.74, 6) is -12.4. The Bertz CT molecular complexity index is 2510. The highest BCUT2D eigenvalue weighted by Gasteiger charge is 2.43. The molecule has 10 unspecified atom stereocenters. The molecule has 10 atom stereocenters. The lowest BCUT2D eigenvalue weighted by Gasteiger charge is -2.34. The highest BCUT2D eigenvalue weighted by atomic mass is 16.4. The van der Waals surface area contributed by atoms with Crippen LogP contribution in [0.1, 0.15) is 233 Å². The number of Topliss-reactive ketones (excluding diaryl/α,β-unsaturated/α-hetero) is 1. The number of aliphatic hydroxyl groups is 1. The number of nitrogens with one attached hydrogen (secondary N) is 8. The molecule has 0 radical (unpaired) electrons. The van der Waals surface area contributed by atoms with Gasteiger partial charge in [-0.15, -0.1) is 0 Å². The molecule has 25 heteroatoms. The number of rotatable bonds is 19. The van der Waals surface area contributed by atoms with Crippen molar-refractivity contribution in [1.82, 2.24) is 47.4 Å². The summed E-state index contributed by atoms with van der Waals surface area (Å²) in [6, 6.07) is -12.1. The molecule has 13 N–H and O–H groups in total. The van der Waals surface area contributed by atoms with Gasteiger partial charge in [-0.3, -0.25) is 57.5 Å². The van der Waals surface area contributed by atoms with E-state index in [2.05, 4.69) is 42.5 Å². The predicted octanol–water partition coefficient (Wildman–Crippen LogP) is 4.08. The lowest BCUT2D eigenvalue weighted by molar-refractivity contribution is -0.143. The van der Waals surface area contributed by atoms with E-state index in [0.29, 0.717) is 32.1 Å². The third-order valence-electron chi connectivity index (χ3n) is 20.1. The number of amides is 9. The third kappa shape index (κ3) is 24.0. The van der Waals surface area contributed by atoms with E-state index in [0.717, 1.165) is 96.3 Å². The number of ketones is 1. The molecule has 518 valence electrons. The molecule has 9 amide bonds. The molecule has 2 aliphatic heterocycles. The zero-order chi connectivity index (χ0) is 67.0. The second-order valence-electron chi connectivity index (χ2n) is 28.4. The van der Waals surface area contributed by atoms with Crippen LogP contribution in [0.5, 0.6) is 0 Å². The molecule has 4 aliphatic carbocycles. The first-order chi connectivity index (χ1) is 43.9. The first kappa shape index (κ1) is 74.8. The standard InChI is InChI=1S/C67H110N10O15/c1-39(2)32-50-62(87)75-53(36-43-20-12-7-13-21-43)67(92)77-31-15-23-54(77)65(90)71-49(34-42-18-10-6-11-19-42)55(79)37-45(33-41-16-8-5-9-17-41)59(84)72-52(38-57(82)83)63(88)69-48(28-29-56(80)81)61(86)74-51(35-44-24-26-46(78)27-25-44)64(89)76-58(40(3)4)66(91)70-47(22-14-30-68)60(85)73-50/h39-54,58,78H,5-38,68H2,1-4H3,(H,69,88)(H,70,91)(H,71,90)(H,72,84)(H,73,85)(H,74,86)(H,75,87)(H,76,89)(H,80,81)(H,82,83). The number of fused-ring (bicyclic) bond motifs is 1. The fourth-order valence-corrected chi connectivity index (χ4v) is 14.9. The normalized spacial score (nSPS) is 30.5. The van der Waals surface area contributed by atoms with E-state index < -0.39 is 169 Å². The molecule has 6 fully saturated rings. The summed E-state index contributed by atoms with van der Waals surface area (Å²) in [4.78, 5) is 174. The van der Waals surface area contributed by atoms with Gasteiger partial charge in [-0.05, 0) is 132 Å². The van der Waals surface area contributed by atoms with Gasteiger partial charge in [0.1, 0.15) is 48.3 Å². The van der Waals surface area contributed by atoms with Gasteiger partial charge in [0.15, 0.2) is 5.78 Å². The van der Waals surface area contributed by atoms with Crippen LogP contribution in [-0.2, 0) is 57.5 Å². The van der Waals surface area contributed by atoms with Crippen LogP contribution in [0.4, 0.5) is 0 Å². The molecule has 2 heterocycles. The van der Waals surface area contributed by atoms with Crippen molar-refractivity contribution in [3.05, 3.63) is 0 Å². The van der Waals surface area contributed by atoms with Gasteiger partial charge >= 0.3 is 11.9 Å². The molecular formula is C67H110N10O15. The van der Waals surface area contributed by atoms with Crippen molar-refractivity contribution < 1.29 is 72.9 Å². The van der Waals surface area contributed by atoms with Gasteiger partial charge in [-0.2, -0.15) is 0 Å². The van der Waals surface area contributed by atoms with Crippen molar-refractivity contribution in [2.45, 2.75) is 294 Å². The van der Waals surface area contributed by atoms with Crippen molar-refractivity contribution >= 4 is 70.9 Å². The first-order valence-corrected chi connectivity index (χ1v) is 35.0. The summed E-state index contributed by atoms with van der Waals surface area (Å²) < 4.78 is 0. The van der Waals surface area contributed by atoms with Crippen molar-refractivity contribution in [2.24, 2.45) is 47.2 Å². The molecular weight excluding hydrogens is 1180 g/mol. The van der Waals surface area contributed by atoms with Crippen molar-refractivity contribution in [1.29, 1.82) is 0 Å². The van der Waals surface area contributed by atoms with Gasteiger partial charge in [-0.1, -0.05) is 124 Å². The Hall–Kier alpha value is -6.24. The number of aliphatic carboxylic acids is 2. The van der Waals surface area contributed by atoms with Gasteiger partial charge in [-0.25, -0.2) is 0 Å². The Kier molecular flexibility index (Phi) is 30.6. The number of hydrogen-bond donors (Lipinski definition) is 12. The zero-order valence-corrected chi connectivity index (χ0v) is 55.1. The van der Waals surface area contributed by atoms with Gasteiger partial charge < -0.3 is 68.5 Å². The monoisotopic (exact) mass is 1290 g/mol. The van der Waals surface area contributed by atoms with Crippen LogP contribution in [0.2, 0.25) is 0 Å². The molecule has 0 aromatic carbocycles. The van der Waals surface area contributed by atoms with Crippen molar-refractivity contribution in [3.8, 4) is 0 Å². The minimum atomic E-state index is -1.85. The number of hydrogen-bond acceptors (Lipinski definition) is 14. The molecule has 6 aliphatic rings. The summed E-state index contributed by atoms with van der Waals surface area (Å²) in [7, 11) is 0. The molecule has 0 bridgehead atoms. The van der Waals surface area contributed by atoms with Crippen LogP contribution in [0.15, 0.2) is 0 Å². The number of carboxylic acids is 2. The van der Waals surface area contributed by atoms with E-state index in [1.54, 1.807) is 13.8 Å². The SMILES string of the molecule is CC(C)CC1NC(=O)C(CCCN)NC(=O)C(C(C)C)NC(=O)C(CC2CCC(O)CC2)NC(=O)C(CCC(=O)O)NC(=O)C(CC(=O)O)NC(=O)C(CC2CCCCC2)CC(=O)C(CC2CCCCC2)NC(=O)C2CCCN2C(=O)C(CC2CCCCC2)NC1=O. The summed E-state index contributed by atoms with van der Waals surface area (Å²) in [6.07, 6.45) is 13.6. The number of carboxylic acid groups (broad SMARTS) is 2. The van der Waals surface area contributed by atoms with E-state index in [4.69, 9.17) is 5.73 Å². The first-order valence-electron chi connectivity index (χ1n) is 35.0. The smallest absolute Gasteiger partial charge is 0.305 e. The summed E-state index contributed by atoms with van der Waals surface area (Å²) in [5.41, 5.74) is 5.96. The zero-order valence-electron chi connectivity index (χ0n) is 55.1. The molecule has 4 saturated carbocycles. The van der Waals surface area contributed by atoms with E-state index in [9.17, 15) is 63.3 Å². The third-order valence-corrected chi connectivity index (χ3v) is 20.1. The lowest BCUT2D eigenvalue weighted by atomic mass is 9.79. The number of carbonyl (C=O) groups is 12. The number of aliphatic hydroxyl groups excluding tert-OH is 1. The van der Waals surface area contributed by atoms with Crippen molar-refractivity contribution in [2.75, 3.05) is 13.1 Å². The number of carbonyl (C=O) groups excluding carboxylic acids is 10. The maximum absolute atomic E-state index is 15.2. The summed E-state index contributed by atoms with van der Waals surface area (Å²) in [5, 5.41) is 52.7. The minimum absolute atomic E-state index is 0.0123. The Balaban J connectivity index is 1.43. The molecule has 2 saturated heterocycles. The van der Waals surface area contributed by atoms with Crippen LogP contribution in [0, 0.1) is 41.4 Å². The van der Waals surface area contributed by atoms with E-state index >= 15 is 9.59 Å². The summed E-state index contributed by atoms with van der Waals surface area (Å²) >= 11 is 0. The van der Waals surface area contributed by atoms with E-state index in [1.165, 1.54) is 4.90 Å². The fourth-order valence-electron chi connectivity index (χ4n) is 14.9. The highest BCUT2D eigenvalue weighted by Crippen LogP contribution is 2.34. The summed E-state index contributed by atoms with van der Waals surface area (Å²) in [6.45, 7) is 7.37. The maximum Gasteiger partial charge on any atom is 0.305 e. The molecule has 25 nitrogen and oxygen atoms in total. The number of nitrogens with zero attached hydrogens (tertiary/aromatic N) is 1. The molecule has 0 aromatic heterocycles. The van der Waals surface area contributed by atoms with Gasteiger partial charge in [0, 0.05) is 25.3 Å². The largest absolute Gasteiger partial charge is 0.481 e. The predicted molar refractivity (Wildman–Crippen MR) is 341 cm³/mol. The van der Waals surface area contributed by atoms with Gasteiger partial charge in [0.2, 0.25) is 53.2 Å². The topological polar surface area (TPSA) is 391 Å². The van der Waals surface area contributed by atoms with Crippen LogP contribution in [-0.4, -0.2) is 165 Å². The minimum Gasteiger partial charge on any atom is -0.481 e. The molecule has 0 aromatic rings. The number of nitrogens with two attached hydrogens (primary N) is 1. The molecule has 6 rings (SSSR count). The highest BCUT2D eigenvalue weighted by molar-refractivity contribution is 6.00. The Labute approximate surface area is 543 Å². The van der Waals surface area contributed by atoms with Crippen LogP contribution in [0.3, 0.4) is 0 Å². The van der Waals surface area contributed by atoms with E-state index in [-0.39, 0.29) is 94.0 Å².